The minimum atomic E-state index is -0.321. The van der Waals surface area contributed by atoms with Crippen molar-refractivity contribution in [3.63, 3.8) is 0 Å². The summed E-state index contributed by atoms with van der Waals surface area (Å²) in [7, 11) is 0. The Morgan fingerprint density at radius 3 is 2.40 bits per heavy atom. The molecule has 1 aromatic heterocycles. The SMILES string of the molecule is O=C(/C=C/c1ccc(Cl)cc1)OC1CCN(c2ccc(Cl)cn2)CC1. The molecule has 0 aliphatic carbocycles. The highest BCUT2D eigenvalue weighted by molar-refractivity contribution is 6.30. The monoisotopic (exact) mass is 376 g/mol. The second-order valence-electron chi connectivity index (χ2n) is 5.84. The summed E-state index contributed by atoms with van der Waals surface area (Å²) in [6.45, 7) is 1.60. The zero-order chi connectivity index (χ0) is 17.6. The Morgan fingerprint density at radius 2 is 1.76 bits per heavy atom. The topological polar surface area (TPSA) is 42.4 Å². The number of ether oxygens (including phenoxy) is 1. The molecular weight excluding hydrogens is 359 g/mol. The standard InChI is InChI=1S/C19H18Cl2N2O2/c20-15-4-1-14(2-5-15)3-8-19(24)25-17-9-11-23(12-10-17)18-7-6-16(21)13-22-18/h1-8,13,17H,9-12H2/b8-3+. The van der Waals surface area contributed by atoms with Gasteiger partial charge in [0.25, 0.3) is 0 Å². The Morgan fingerprint density at radius 1 is 1.08 bits per heavy atom. The molecule has 0 bridgehead atoms. The Balaban J connectivity index is 1.47. The maximum Gasteiger partial charge on any atom is 0.331 e. The number of pyridine rings is 1. The van der Waals surface area contributed by atoms with E-state index in [9.17, 15) is 4.79 Å². The van der Waals surface area contributed by atoms with Crippen LogP contribution in [0.25, 0.3) is 6.08 Å². The molecule has 3 rings (SSSR count). The van der Waals surface area contributed by atoms with E-state index in [1.165, 1.54) is 6.08 Å². The molecule has 6 heteroatoms. The number of halogens is 2. The van der Waals surface area contributed by atoms with E-state index >= 15 is 0 Å². The summed E-state index contributed by atoms with van der Waals surface area (Å²) in [5.74, 6) is 0.579. The number of piperidine rings is 1. The van der Waals surface area contributed by atoms with Gasteiger partial charge in [-0.2, -0.15) is 0 Å². The number of aromatic nitrogens is 1. The number of hydrogen-bond acceptors (Lipinski definition) is 4. The largest absolute Gasteiger partial charge is 0.459 e. The third-order valence-electron chi connectivity index (χ3n) is 4.04. The predicted molar refractivity (Wildman–Crippen MR) is 101 cm³/mol. The normalized spacial score (nSPS) is 15.5. The Kier molecular flexibility index (Phi) is 5.95. The van der Waals surface area contributed by atoms with Crippen molar-refractivity contribution in [1.29, 1.82) is 0 Å². The molecule has 0 amide bonds. The third kappa shape index (κ3) is 5.21. The number of anilines is 1. The van der Waals surface area contributed by atoms with Crippen LogP contribution in [0.1, 0.15) is 18.4 Å². The number of esters is 1. The molecule has 1 aromatic carbocycles. The highest BCUT2D eigenvalue weighted by Gasteiger charge is 2.22. The molecular formula is C19H18Cl2N2O2. The van der Waals surface area contributed by atoms with Gasteiger partial charge in [-0.05, 0) is 35.9 Å². The average molecular weight is 377 g/mol. The molecule has 130 valence electrons. The van der Waals surface area contributed by atoms with Crippen LogP contribution in [0.15, 0.2) is 48.7 Å². The molecule has 2 aromatic rings. The first-order chi connectivity index (χ1) is 12.1. The van der Waals surface area contributed by atoms with Crippen molar-refractivity contribution >= 4 is 41.1 Å². The van der Waals surface area contributed by atoms with E-state index in [0.717, 1.165) is 37.3 Å². The van der Waals surface area contributed by atoms with Crippen molar-refractivity contribution in [2.75, 3.05) is 18.0 Å². The van der Waals surface area contributed by atoms with Gasteiger partial charge >= 0.3 is 5.97 Å². The lowest BCUT2D eigenvalue weighted by Gasteiger charge is -2.32. The summed E-state index contributed by atoms with van der Waals surface area (Å²) in [6, 6.07) is 11.0. The number of benzene rings is 1. The van der Waals surface area contributed by atoms with E-state index in [2.05, 4.69) is 9.88 Å². The van der Waals surface area contributed by atoms with Gasteiger partial charge in [-0.3, -0.25) is 0 Å². The summed E-state index contributed by atoms with van der Waals surface area (Å²) in [6.07, 6.45) is 6.33. The zero-order valence-corrected chi connectivity index (χ0v) is 15.1. The van der Waals surface area contributed by atoms with E-state index < -0.39 is 0 Å². The van der Waals surface area contributed by atoms with E-state index in [-0.39, 0.29) is 12.1 Å². The fourth-order valence-corrected chi connectivity index (χ4v) is 2.94. The maximum atomic E-state index is 12.0. The van der Waals surface area contributed by atoms with Crippen LogP contribution in [-0.4, -0.2) is 30.1 Å². The molecule has 1 aliphatic rings. The van der Waals surface area contributed by atoms with Crippen molar-refractivity contribution in [2.24, 2.45) is 0 Å². The first kappa shape index (κ1) is 17.8. The van der Waals surface area contributed by atoms with Crippen LogP contribution in [-0.2, 0) is 9.53 Å². The van der Waals surface area contributed by atoms with Crippen LogP contribution >= 0.6 is 23.2 Å². The van der Waals surface area contributed by atoms with Crippen molar-refractivity contribution in [3.05, 3.63) is 64.3 Å². The molecule has 4 nitrogen and oxygen atoms in total. The Labute approximate surface area is 157 Å². The van der Waals surface area contributed by atoms with Gasteiger partial charge in [-0.25, -0.2) is 9.78 Å². The lowest BCUT2D eigenvalue weighted by Crippen LogP contribution is -2.38. The highest BCUT2D eigenvalue weighted by atomic mass is 35.5. The number of carbonyl (C=O) groups is 1. The summed E-state index contributed by atoms with van der Waals surface area (Å²) in [4.78, 5) is 18.5. The average Bonchev–Trinajstić information content (AvgIpc) is 2.63. The van der Waals surface area contributed by atoms with Crippen LogP contribution in [0.4, 0.5) is 5.82 Å². The first-order valence-electron chi connectivity index (χ1n) is 8.11. The number of carbonyl (C=O) groups excluding carboxylic acids is 1. The quantitative estimate of drug-likeness (QED) is 0.576. The molecule has 0 N–H and O–H groups in total. The van der Waals surface area contributed by atoms with E-state index in [1.807, 2.05) is 24.3 Å². The lowest BCUT2D eigenvalue weighted by atomic mass is 10.1. The minimum absolute atomic E-state index is 0.0640. The van der Waals surface area contributed by atoms with Crippen LogP contribution in [0.2, 0.25) is 10.0 Å². The van der Waals surface area contributed by atoms with Crippen LogP contribution in [0.5, 0.6) is 0 Å². The molecule has 1 fully saturated rings. The maximum absolute atomic E-state index is 12.0. The molecule has 1 aliphatic heterocycles. The fourth-order valence-electron chi connectivity index (χ4n) is 2.70. The van der Waals surface area contributed by atoms with Gasteiger partial charge < -0.3 is 9.64 Å². The molecule has 0 radical (unpaired) electrons. The second kappa shape index (κ2) is 8.37. The number of rotatable bonds is 4. The predicted octanol–water partition coefficient (Wildman–Crippen LogP) is 4.61. The van der Waals surface area contributed by atoms with Crippen molar-refractivity contribution < 1.29 is 9.53 Å². The van der Waals surface area contributed by atoms with Crippen LogP contribution in [0, 0.1) is 0 Å². The summed E-state index contributed by atoms with van der Waals surface area (Å²) in [5, 5.41) is 1.29. The van der Waals surface area contributed by atoms with Crippen molar-refractivity contribution in [1.82, 2.24) is 4.98 Å². The molecule has 0 atom stereocenters. The van der Waals surface area contributed by atoms with Crippen molar-refractivity contribution in [3.8, 4) is 0 Å². The molecule has 0 saturated carbocycles. The van der Waals surface area contributed by atoms with Gasteiger partial charge in [-0.1, -0.05) is 35.3 Å². The van der Waals surface area contributed by atoms with E-state index in [1.54, 1.807) is 24.4 Å². The molecule has 25 heavy (non-hydrogen) atoms. The Bertz CT molecular complexity index is 737. The van der Waals surface area contributed by atoms with E-state index in [4.69, 9.17) is 27.9 Å². The van der Waals surface area contributed by atoms with Gasteiger partial charge in [0, 0.05) is 43.2 Å². The second-order valence-corrected chi connectivity index (χ2v) is 6.72. The molecule has 1 saturated heterocycles. The van der Waals surface area contributed by atoms with Gasteiger partial charge in [0.1, 0.15) is 11.9 Å². The zero-order valence-electron chi connectivity index (χ0n) is 13.6. The highest BCUT2D eigenvalue weighted by Crippen LogP contribution is 2.21. The van der Waals surface area contributed by atoms with Crippen LogP contribution in [0.3, 0.4) is 0 Å². The number of nitrogens with zero attached hydrogens (tertiary/aromatic N) is 2. The minimum Gasteiger partial charge on any atom is -0.459 e. The van der Waals surface area contributed by atoms with Crippen LogP contribution < -0.4 is 4.90 Å². The van der Waals surface area contributed by atoms with Gasteiger partial charge in [0.05, 0.1) is 5.02 Å². The third-order valence-corrected chi connectivity index (χ3v) is 4.52. The van der Waals surface area contributed by atoms with Crippen molar-refractivity contribution in [2.45, 2.75) is 18.9 Å². The van der Waals surface area contributed by atoms with Gasteiger partial charge in [-0.15, -0.1) is 0 Å². The smallest absolute Gasteiger partial charge is 0.331 e. The molecule has 2 heterocycles. The van der Waals surface area contributed by atoms with E-state index in [0.29, 0.717) is 10.0 Å². The lowest BCUT2D eigenvalue weighted by molar-refractivity contribution is -0.143. The Hall–Kier alpha value is -2.04. The fraction of sp³-hybridized carbons (Fsp3) is 0.263. The molecule has 0 unspecified atom stereocenters. The first-order valence-corrected chi connectivity index (χ1v) is 8.86. The molecule has 0 spiro atoms. The summed E-state index contributed by atoms with van der Waals surface area (Å²) >= 11 is 11.7. The summed E-state index contributed by atoms with van der Waals surface area (Å²) in [5.41, 5.74) is 0.907. The number of hydrogen-bond donors (Lipinski definition) is 0. The summed E-state index contributed by atoms with van der Waals surface area (Å²) < 4.78 is 5.52. The van der Waals surface area contributed by atoms with Gasteiger partial charge in [0.15, 0.2) is 0 Å². The van der Waals surface area contributed by atoms with Gasteiger partial charge in [0.2, 0.25) is 0 Å².